The summed E-state index contributed by atoms with van der Waals surface area (Å²) in [7, 11) is 0. The van der Waals surface area contributed by atoms with Crippen LogP contribution in [0, 0.1) is 6.92 Å². The van der Waals surface area contributed by atoms with Gasteiger partial charge in [0.1, 0.15) is 9.84 Å². The molecule has 0 bridgehead atoms. The van der Waals surface area contributed by atoms with Gasteiger partial charge in [0.15, 0.2) is 5.16 Å². The second-order valence-electron chi connectivity index (χ2n) is 7.06. The third kappa shape index (κ3) is 3.43. The molecule has 1 aliphatic rings. The maximum absolute atomic E-state index is 12.6. The van der Waals surface area contributed by atoms with E-state index in [1.165, 1.54) is 28.8 Å². The highest BCUT2D eigenvalue weighted by Crippen LogP contribution is 2.34. The molecule has 4 aromatic rings. The first kappa shape index (κ1) is 18.1. The number of aromatic nitrogens is 3. The molecule has 0 saturated heterocycles. The zero-order valence-corrected chi connectivity index (χ0v) is 17.9. The van der Waals surface area contributed by atoms with E-state index in [1.807, 2.05) is 0 Å². The summed E-state index contributed by atoms with van der Waals surface area (Å²) in [5.74, 6) is 0.696. The lowest BCUT2D eigenvalue weighted by molar-refractivity contribution is 0.700. The van der Waals surface area contributed by atoms with Crippen molar-refractivity contribution in [2.75, 3.05) is 0 Å². The maximum atomic E-state index is 12.6. The molecule has 3 aromatic heterocycles. The van der Waals surface area contributed by atoms with Gasteiger partial charge in [-0.15, -0.1) is 22.7 Å². The third-order valence-corrected chi connectivity index (χ3v) is 8.01. The van der Waals surface area contributed by atoms with Crippen LogP contribution in [0.2, 0.25) is 0 Å². The van der Waals surface area contributed by atoms with Crippen LogP contribution in [0.3, 0.4) is 0 Å². The van der Waals surface area contributed by atoms with E-state index >= 15 is 0 Å². The number of thioether (sulfide) groups is 1. The number of rotatable bonds is 4. The van der Waals surface area contributed by atoms with Crippen molar-refractivity contribution in [3.05, 3.63) is 61.7 Å². The summed E-state index contributed by atoms with van der Waals surface area (Å²) in [5, 5.41) is 4.62. The van der Waals surface area contributed by atoms with Crippen molar-refractivity contribution < 1.29 is 0 Å². The van der Waals surface area contributed by atoms with Crippen LogP contribution in [0.4, 0.5) is 0 Å². The Balaban J connectivity index is 1.37. The first-order valence-corrected chi connectivity index (χ1v) is 12.0. The number of fused-ring (bicyclic) bond motifs is 3. The molecule has 0 atom stereocenters. The fourth-order valence-corrected chi connectivity index (χ4v) is 6.63. The van der Waals surface area contributed by atoms with Gasteiger partial charge in [0.2, 0.25) is 0 Å². The molecule has 4 nitrogen and oxygen atoms in total. The minimum Gasteiger partial charge on any atom is -0.301 e. The summed E-state index contributed by atoms with van der Waals surface area (Å²) < 4.78 is 0. The van der Waals surface area contributed by atoms with Gasteiger partial charge in [0.05, 0.1) is 11.1 Å². The summed E-state index contributed by atoms with van der Waals surface area (Å²) in [6.07, 6.45) is 4.47. The SMILES string of the molecule is Cc1cccc(-c2nc(CSc3nc4sc5c(c4c(=O)[nH]3)CCCC5)cs2)c1. The minimum atomic E-state index is 0.00521. The molecule has 5 rings (SSSR count). The third-order valence-electron chi connectivity index (χ3n) is 4.98. The number of nitrogens with one attached hydrogen (secondary N) is 1. The molecule has 3 heterocycles. The smallest absolute Gasteiger partial charge is 0.260 e. The average molecular weight is 426 g/mol. The number of benzene rings is 1. The summed E-state index contributed by atoms with van der Waals surface area (Å²) >= 11 is 4.89. The predicted molar refractivity (Wildman–Crippen MR) is 119 cm³/mol. The molecule has 1 aliphatic carbocycles. The van der Waals surface area contributed by atoms with E-state index in [1.54, 1.807) is 34.4 Å². The normalized spacial score (nSPS) is 13.8. The molecule has 7 heteroatoms. The first-order chi connectivity index (χ1) is 13.7. The van der Waals surface area contributed by atoms with Crippen molar-refractivity contribution in [2.45, 2.75) is 43.5 Å². The number of H-pyrrole nitrogens is 1. The summed E-state index contributed by atoms with van der Waals surface area (Å²) in [4.78, 5) is 27.4. The van der Waals surface area contributed by atoms with Crippen molar-refractivity contribution in [2.24, 2.45) is 0 Å². The number of thiazole rings is 1. The molecule has 0 spiro atoms. The topological polar surface area (TPSA) is 58.6 Å². The van der Waals surface area contributed by atoms with Gasteiger partial charge in [-0.3, -0.25) is 4.79 Å². The van der Waals surface area contributed by atoms with Gasteiger partial charge in [0, 0.05) is 21.6 Å². The van der Waals surface area contributed by atoms with E-state index in [-0.39, 0.29) is 5.56 Å². The van der Waals surface area contributed by atoms with Crippen LogP contribution in [0.1, 0.15) is 34.5 Å². The van der Waals surface area contributed by atoms with E-state index in [0.29, 0.717) is 10.9 Å². The van der Waals surface area contributed by atoms with Crippen molar-refractivity contribution >= 4 is 44.7 Å². The molecular formula is C21H19N3OS3. The van der Waals surface area contributed by atoms with Crippen molar-refractivity contribution in [3.63, 3.8) is 0 Å². The van der Waals surface area contributed by atoms with Crippen LogP contribution >= 0.6 is 34.4 Å². The predicted octanol–water partition coefficient (Wildman–Crippen LogP) is 5.59. The zero-order valence-electron chi connectivity index (χ0n) is 15.4. The highest BCUT2D eigenvalue weighted by molar-refractivity contribution is 7.98. The molecule has 0 radical (unpaired) electrons. The van der Waals surface area contributed by atoms with Gasteiger partial charge in [-0.2, -0.15) is 0 Å². The van der Waals surface area contributed by atoms with E-state index in [2.05, 4.69) is 41.6 Å². The molecule has 0 fully saturated rings. The lowest BCUT2D eigenvalue weighted by Gasteiger charge is -2.09. The molecule has 0 saturated carbocycles. The summed E-state index contributed by atoms with van der Waals surface area (Å²) in [6.45, 7) is 2.09. The van der Waals surface area contributed by atoms with Crippen LogP contribution in [-0.2, 0) is 18.6 Å². The average Bonchev–Trinajstić information content (AvgIpc) is 3.31. The highest BCUT2D eigenvalue weighted by atomic mass is 32.2. The second kappa shape index (κ2) is 7.46. The minimum absolute atomic E-state index is 0.00521. The number of hydrogen-bond acceptors (Lipinski definition) is 6. The Hall–Kier alpha value is -1.96. The fourth-order valence-electron chi connectivity index (χ4n) is 3.64. The lowest BCUT2D eigenvalue weighted by Crippen LogP contribution is -2.10. The summed E-state index contributed by atoms with van der Waals surface area (Å²) in [5.41, 5.74) is 4.64. The van der Waals surface area contributed by atoms with Crippen LogP contribution < -0.4 is 5.56 Å². The standard InChI is InChI=1S/C21H19N3OS3/c1-12-5-4-6-13(9-12)19-22-14(10-26-19)11-27-21-23-18(25)17-15-7-2-3-8-16(15)28-20(17)24-21/h4-6,9-10H,2-3,7-8,11H2,1H3,(H,23,24,25). The van der Waals surface area contributed by atoms with Gasteiger partial charge in [-0.25, -0.2) is 9.97 Å². The van der Waals surface area contributed by atoms with Crippen LogP contribution in [0.5, 0.6) is 0 Å². The van der Waals surface area contributed by atoms with Gasteiger partial charge in [-0.1, -0.05) is 35.5 Å². The molecule has 28 heavy (non-hydrogen) atoms. The molecular weight excluding hydrogens is 406 g/mol. The number of aryl methyl sites for hydroxylation is 3. The zero-order chi connectivity index (χ0) is 19.1. The molecule has 0 unspecified atom stereocenters. The fraction of sp³-hybridized carbons (Fsp3) is 0.286. The Kier molecular flexibility index (Phi) is 4.82. The van der Waals surface area contributed by atoms with Crippen LogP contribution in [0.25, 0.3) is 20.8 Å². The van der Waals surface area contributed by atoms with E-state index in [0.717, 1.165) is 39.3 Å². The van der Waals surface area contributed by atoms with Crippen molar-refractivity contribution in [1.82, 2.24) is 15.0 Å². The monoisotopic (exact) mass is 425 g/mol. The van der Waals surface area contributed by atoms with Crippen molar-refractivity contribution in [3.8, 4) is 10.6 Å². The Labute approximate surface area is 175 Å². The highest BCUT2D eigenvalue weighted by Gasteiger charge is 2.20. The summed E-state index contributed by atoms with van der Waals surface area (Å²) in [6, 6.07) is 8.40. The quantitative estimate of drug-likeness (QED) is 0.342. The Bertz CT molecular complexity index is 1220. The second-order valence-corrected chi connectivity index (χ2v) is 9.97. The Morgan fingerprint density at radius 2 is 2.11 bits per heavy atom. The number of aromatic amines is 1. The largest absolute Gasteiger partial charge is 0.301 e. The van der Waals surface area contributed by atoms with Crippen molar-refractivity contribution in [1.29, 1.82) is 0 Å². The van der Waals surface area contributed by atoms with E-state index in [9.17, 15) is 4.79 Å². The van der Waals surface area contributed by atoms with E-state index in [4.69, 9.17) is 9.97 Å². The van der Waals surface area contributed by atoms with Gasteiger partial charge < -0.3 is 4.98 Å². The lowest BCUT2D eigenvalue weighted by atomic mass is 9.97. The number of thiophene rings is 1. The first-order valence-electron chi connectivity index (χ1n) is 9.36. The molecule has 1 aromatic carbocycles. The maximum Gasteiger partial charge on any atom is 0.260 e. The van der Waals surface area contributed by atoms with Crippen LogP contribution in [-0.4, -0.2) is 15.0 Å². The molecule has 0 amide bonds. The molecule has 142 valence electrons. The van der Waals surface area contributed by atoms with Crippen LogP contribution in [0.15, 0.2) is 39.6 Å². The van der Waals surface area contributed by atoms with Gasteiger partial charge in [0.25, 0.3) is 5.56 Å². The number of nitrogens with zero attached hydrogens (tertiary/aromatic N) is 2. The Morgan fingerprint density at radius 3 is 3.00 bits per heavy atom. The molecule has 0 aliphatic heterocycles. The Morgan fingerprint density at radius 1 is 1.21 bits per heavy atom. The molecule has 1 N–H and O–H groups in total. The van der Waals surface area contributed by atoms with Gasteiger partial charge in [-0.05, 0) is 44.2 Å². The van der Waals surface area contributed by atoms with E-state index < -0.39 is 0 Å². The van der Waals surface area contributed by atoms with Gasteiger partial charge >= 0.3 is 0 Å². The number of hydrogen-bond donors (Lipinski definition) is 1.